The number of ether oxygens (including phenoxy) is 1. The van der Waals surface area contributed by atoms with E-state index in [0.717, 1.165) is 0 Å². The Morgan fingerprint density at radius 2 is 2.00 bits per heavy atom. The number of hydrogen-bond donors (Lipinski definition) is 2. The molecule has 0 radical (unpaired) electrons. The van der Waals surface area contributed by atoms with Gasteiger partial charge in [0.25, 0.3) is 0 Å². The van der Waals surface area contributed by atoms with Crippen LogP contribution in [0.1, 0.15) is 44.6 Å². The first kappa shape index (κ1) is 14.8. The van der Waals surface area contributed by atoms with E-state index in [1.165, 1.54) is 12.1 Å². The summed E-state index contributed by atoms with van der Waals surface area (Å²) in [6.07, 6.45) is 0. The fourth-order valence-electron chi connectivity index (χ4n) is 2.29. The molecule has 0 saturated heterocycles. The Labute approximate surface area is 122 Å². The number of aromatic nitrogens is 1. The van der Waals surface area contributed by atoms with Gasteiger partial charge < -0.3 is 14.8 Å². The predicted molar refractivity (Wildman–Crippen MR) is 77.8 cm³/mol. The maximum Gasteiger partial charge on any atom is 0.355 e. The van der Waals surface area contributed by atoms with Crippen LogP contribution in [0.15, 0.2) is 24.3 Å². The lowest BCUT2D eigenvalue weighted by Crippen LogP contribution is -2.08. The van der Waals surface area contributed by atoms with E-state index in [4.69, 9.17) is 4.74 Å². The lowest BCUT2D eigenvalue weighted by molar-refractivity contribution is 0.0519. The molecule has 2 rings (SSSR count). The zero-order valence-electron chi connectivity index (χ0n) is 12.2. The third-order valence-corrected chi connectivity index (χ3v) is 3.25. The molecule has 0 aliphatic rings. The number of hydrogen-bond acceptors (Lipinski definition) is 4. The van der Waals surface area contributed by atoms with Crippen molar-refractivity contribution in [2.75, 3.05) is 6.61 Å². The lowest BCUT2D eigenvalue weighted by Gasteiger charge is -2.03. The molecule has 5 heteroatoms. The Morgan fingerprint density at radius 3 is 2.62 bits per heavy atom. The van der Waals surface area contributed by atoms with E-state index in [1.54, 1.807) is 32.9 Å². The van der Waals surface area contributed by atoms with Crippen LogP contribution in [-0.2, 0) is 4.74 Å². The standard InChI is InChI=1S/C16H17NO4/c1-4-21-16(20)14-9(2)13(10(3)17-14)15(19)11-6-5-7-12(18)8-11/h5-8,17-18H,4H2,1-3H3. The Balaban J connectivity index is 2.45. The molecule has 0 atom stereocenters. The highest BCUT2D eigenvalue weighted by Crippen LogP contribution is 2.23. The van der Waals surface area contributed by atoms with Crippen molar-refractivity contribution in [3.63, 3.8) is 0 Å². The summed E-state index contributed by atoms with van der Waals surface area (Å²) in [5, 5.41) is 9.48. The fraction of sp³-hybridized carbons (Fsp3) is 0.250. The first-order chi connectivity index (χ1) is 9.95. The van der Waals surface area contributed by atoms with Crippen molar-refractivity contribution in [1.29, 1.82) is 0 Å². The second kappa shape index (κ2) is 5.83. The minimum atomic E-state index is -0.479. The van der Waals surface area contributed by atoms with Crippen LogP contribution in [0, 0.1) is 13.8 Å². The largest absolute Gasteiger partial charge is 0.508 e. The normalized spacial score (nSPS) is 10.4. The molecule has 110 valence electrons. The third-order valence-electron chi connectivity index (χ3n) is 3.25. The molecule has 0 aliphatic heterocycles. The summed E-state index contributed by atoms with van der Waals surface area (Å²) in [7, 11) is 0. The van der Waals surface area contributed by atoms with Crippen LogP contribution in [0.2, 0.25) is 0 Å². The zero-order chi connectivity index (χ0) is 15.6. The van der Waals surface area contributed by atoms with Gasteiger partial charge in [-0.1, -0.05) is 12.1 Å². The Morgan fingerprint density at radius 1 is 1.29 bits per heavy atom. The molecule has 0 fully saturated rings. The predicted octanol–water partition coefficient (Wildman–Crippen LogP) is 2.74. The van der Waals surface area contributed by atoms with Gasteiger partial charge in [0.2, 0.25) is 0 Å². The van der Waals surface area contributed by atoms with Gasteiger partial charge in [-0.05, 0) is 38.5 Å². The topological polar surface area (TPSA) is 79.4 Å². The number of H-pyrrole nitrogens is 1. The monoisotopic (exact) mass is 287 g/mol. The van der Waals surface area contributed by atoms with Gasteiger partial charge in [-0.2, -0.15) is 0 Å². The first-order valence-electron chi connectivity index (χ1n) is 6.65. The molecule has 0 amide bonds. The van der Waals surface area contributed by atoms with E-state index in [1.807, 2.05) is 0 Å². The van der Waals surface area contributed by atoms with E-state index >= 15 is 0 Å². The van der Waals surface area contributed by atoms with Crippen molar-refractivity contribution < 1.29 is 19.4 Å². The van der Waals surface area contributed by atoms with Crippen LogP contribution in [-0.4, -0.2) is 28.4 Å². The van der Waals surface area contributed by atoms with Gasteiger partial charge in [-0.15, -0.1) is 0 Å². The molecule has 1 heterocycles. The third kappa shape index (κ3) is 2.81. The van der Waals surface area contributed by atoms with Gasteiger partial charge >= 0.3 is 5.97 Å². The van der Waals surface area contributed by atoms with Gasteiger partial charge in [0, 0.05) is 16.8 Å². The summed E-state index contributed by atoms with van der Waals surface area (Å²) in [6.45, 7) is 5.42. The highest BCUT2D eigenvalue weighted by atomic mass is 16.5. The van der Waals surface area contributed by atoms with Gasteiger partial charge in [0.15, 0.2) is 5.78 Å². The molecule has 1 aromatic heterocycles. The zero-order valence-corrected chi connectivity index (χ0v) is 12.2. The van der Waals surface area contributed by atoms with E-state index < -0.39 is 5.97 Å². The minimum Gasteiger partial charge on any atom is -0.508 e. The number of ketones is 1. The number of phenols is 1. The number of aromatic hydroxyl groups is 1. The number of phenolic OH excluding ortho intramolecular Hbond substituents is 1. The van der Waals surface area contributed by atoms with Gasteiger partial charge in [0.1, 0.15) is 11.4 Å². The molecule has 0 unspecified atom stereocenters. The van der Waals surface area contributed by atoms with Crippen molar-refractivity contribution in [2.24, 2.45) is 0 Å². The van der Waals surface area contributed by atoms with Crippen molar-refractivity contribution in [2.45, 2.75) is 20.8 Å². The minimum absolute atomic E-state index is 0.0253. The van der Waals surface area contributed by atoms with Crippen LogP contribution in [0.25, 0.3) is 0 Å². The molecular weight excluding hydrogens is 270 g/mol. The Bertz CT molecular complexity index is 700. The number of rotatable bonds is 4. The maximum atomic E-state index is 12.6. The summed E-state index contributed by atoms with van der Waals surface area (Å²) in [5.41, 5.74) is 2.25. The highest BCUT2D eigenvalue weighted by Gasteiger charge is 2.23. The number of aryl methyl sites for hydroxylation is 1. The van der Waals surface area contributed by atoms with Crippen LogP contribution >= 0.6 is 0 Å². The van der Waals surface area contributed by atoms with Crippen LogP contribution in [0.4, 0.5) is 0 Å². The van der Waals surface area contributed by atoms with Crippen molar-refractivity contribution in [1.82, 2.24) is 4.98 Å². The van der Waals surface area contributed by atoms with Crippen LogP contribution < -0.4 is 0 Å². The number of carbonyl (C=O) groups excluding carboxylic acids is 2. The summed E-state index contributed by atoms with van der Waals surface area (Å²) < 4.78 is 4.96. The molecule has 0 saturated carbocycles. The summed E-state index contributed by atoms with van der Waals surface area (Å²) in [4.78, 5) is 27.3. The molecule has 21 heavy (non-hydrogen) atoms. The average Bonchev–Trinajstić information content (AvgIpc) is 2.73. The fourth-order valence-corrected chi connectivity index (χ4v) is 2.29. The molecule has 2 N–H and O–H groups in total. The number of benzene rings is 1. The number of nitrogens with one attached hydrogen (secondary N) is 1. The number of aromatic amines is 1. The summed E-state index contributed by atoms with van der Waals surface area (Å²) in [5.74, 6) is -0.696. The van der Waals surface area contributed by atoms with E-state index in [-0.39, 0.29) is 23.8 Å². The number of carbonyl (C=O) groups is 2. The van der Waals surface area contributed by atoms with Crippen LogP contribution in [0.5, 0.6) is 5.75 Å². The van der Waals surface area contributed by atoms with Crippen molar-refractivity contribution >= 4 is 11.8 Å². The van der Waals surface area contributed by atoms with Crippen LogP contribution in [0.3, 0.4) is 0 Å². The molecule has 0 aliphatic carbocycles. The maximum absolute atomic E-state index is 12.6. The van der Waals surface area contributed by atoms with Gasteiger partial charge in [-0.3, -0.25) is 4.79 Å². The molecule has 5 nitrogen and oxygen atoms in total. The van der Waals surface area contributed by atoms with E-state index in [0.29, 0.717) is 22.4 Å². The van der Waals surface area contributed by atoms with E-state index in [9.17, 15) is 14.7 Å². The molecule has 0 bridgehead atoms. The Hall–Kier alpha value is -2.56. The number of esters is 1. The molecule has 1 aromatic carbocycles. The smallest absolute Gasteiger partial charge is 0.355 e. The SMILES string of the molecule is CCOC(=O)c1[nH]c(C)c(C(=O)c2cccc(O)c2)c1C. The summed E-state index contributed by atoms with van der Waals surface area (Å²) >= 11 is 0. The second-order valence-corrected chi connectivity index (χ2v) is 4.72. The Kier molecular flexibility index (Phi) is 4.12. The average molecular weight is 287 g/mol. The van der Waals surface area contributed by atoms with E-state index in [2.05, 4.69) is 4.98 Å². The quantitative estimate of drug-likeness (QED) is 0.669. The van der Waals surface area contributed by atoms with Crippen molar-refractivity contribution in [3.8, 4) is 5.75 Å². The van der Waals surface area contributed by atoms with Gasteiger partial charge in [0.05, 0.1) is 6.61 Å². The molecule has 0 spiro atoms. The first-order valence-corrected chi connectivity index (χ1v) is 6.65. The highest BCUT2D eigenvalue weighted by molar-refractivity contribution is 6.12. The molecular formula is C16H17NO4. The molecule has 2 aromatic rings. The second-order valence-electron chi connectivity index (χ2n) is 4.72. The van der Waals surface area contributed by atoms with Crippen molar-refractivity contribution in [3.05, 3.63) is 52.3 Å². The lowest BCUT2D eigenvalue weighted by atomic mass is 9.99. The summed E-state index contributed by atoms with van der Waals surface area (Å²) in [6, 6.07) is 6.13. The van der Waals surface area contributed by atoms with Gasteiger partial charge in [-0.25, -0.2) is 4.79 Å².